The van der Waals surface area contributed by atoms with E-state index in [1.165, 1.54) is 0 Å². The molecule has 2 aromatic rings. The van der Waals surface area contributed by atoms with Gasteiger partial charge in [0.2, 0.25) is 0 Å². The van der Waals surface area contributed by atoms with Crippen molar-refractivity contribution in [3.05, 3.63) is 65.2 Å². The highest BCUT2D eigenvalue weighted by atomic mass is 16.2. The molecular weight excluding hydrogens is 252 g/mol. The maximum absolute atomic E-state index is 12.2. The van der Waals surface area contributed by atoms with E-state index in [1.807, 2.05) is 31.2 Å². The molecule has 0 radical (unpaired) electrons. The molecular formula is C16H14N2O2. The predicted octanol–water partition coefficient (Wildman–Crippen LogP) is 2.36. The average Bonchev–Trinajstić information content (AvgIpc) is 2.71. The number of aryl methyl sites for hydroxylation is 1. The van der Waals surface area contributed by atoms with Crippen LogP contribution in [0.4, 0.5) is 5.69 Å². The summed E-state index contributed by atoms with van der Waals surface area (Å²) in [5.41, 5.74) is 8.67. The lowest BCUT2D eigenvalue weighted by molar-refractivity contribution is 0.0874. The lowest BCUT2D eigenvalue weighted by Gasteiger charge is -2.12. The van der Waals surface area contributed by atoms with Crippen molar-refractivity contribution in [2.75, 3.05) is 5.43 Å². The third-order valence-electron chi connectivity index (χ3n) is 3.39. The Kier molecular flexibility index (Phi) is 3.08. The fraction of sp³-hybridized carbons (Fsp3) is 0.125. The van der Waals surface area contributed by atoms with Gasteiger partial charge in [-0.15, -0.1) is 0 Å². The Morgan fingerprint density at radius 3 is 1.95 bits per heavy atom. The smallest absolute Gasteiger partial charge is 0.190 e. The lowest BCUT2D eigenvalue weighted by atomic mass is 10.1. The van der Waals surface area contributed by atoms with Crippen LogP contribution in [0, 0.1) is 6.92 Å². The molecule has 1 aliphatic rings. The van der Waals surface area contributed by atoms with Crippen molar-refractivity contribution in [3.63, 3.8) is 0 Å². The highest BCUT2D eigenvalue weighted by Gasteiger charge is 2.37. The first kappa shape index (κ1) is 12.6. The van der Waals surface area contributed by atoms with E-state index in [0.29, 0.717) is 11.1 Å². The number of ketones is 2. The zero-order valence-electron chi connectivity index (χ0n) is 11.0. The second-order valence-corrected chi connectivity index (χ2v) is 4.84. The Labute approximate surface area is 116 Å². The maximum Gasteiger partial charge on any atom is 0.190 e. The molecule has 100 valence electrons. The number of anilines is 1. The largest absolute Gasteiger partial charge is 0.320 e. The van der Waals surface area contributed by atoms with Gasteiger partial charge in [-0.05, 0) is 19.1 Å². The summed E-state index contributed by atoms with van der Waals surface area (Å²) in [6, 6.07) is 13.7. The van der Waals surface area contributed by atoms with E-state index in [2.05, 4.69) is 10.9 Å². The fourth-order valence-corrected chi connectivity index (χ4v) is 2.27. The number of benzene rings is 2. The normalized spacial score (nSPS) is 14.4. The van der Waals surface area contributed by atoms with E-state index in [9.17, 15) is 9.59 Å². The predicted molar refractivity (Wildman–Crippen MR) is 76.8 cm³/mol. The van der Waals surface area contributed by atoms with Crippen LogP contribution >= 0.6 is 0 Å². The number of carbonyl (C=O) groups is 2. The molecule has 0 saturated heterocycles. The molecule has 0 spiro atoms. The van der Waals surface area contributed by atoms with Gasteiger partial charge in [0.05, 0.1) is 0 Å². The van der Waals surface area contributed by atoms with Gasteiger partial charge in [0.25, 0.3) is 0 Å². The first-order chi connectivity index (χ1) is 9.66. The van der Waals surface area contributed by atoms with Crippen molar-refractivity contribution in [3.8, 4) is 0 Å². The Balaban J connectivity index is 1.75. The molecule has 0 atom stereocenters. The van der Waals surface area contributed by atoms with Crippen LogP contribution in [0.15, 0.2) is 48.5 Å². The van der Waals surface area contributed by atoms with Crippen molar-refractivity contribution < 1.29 is 9.59 Å². The minimum Gasteiger partial charge on any atom is -0.320 e. The molecule has 0 fully saturated rings. The van der Waals surface area contributed by atoms with Gasteiger partial charge in [-0.25, -0.2) is 5.43 Å². The molecule has 0 unspecified atom stereocenters. The van der Waals surface area contributed by atoms with E-state index in [1.54, 1.807) is 24.3 Å². The van der Waals surface area contributed by atoms with Gasteiger partial charge >= 0.3 is 0 Å². The van der Waals surface area contributed by atoms with E-state index in [4.69, 9.17) is 0 Å². The Bertz CT molecular complexity index is 642. The number of Topliss-reactive ketones (excluding diaryl/α,β-unsaturated/α-hetero) is 2. The monoisotopic (exact) mass is 266 g/mol. The molecule has 0 heterocycles. The Morgan fingerprint density at radius 1 is 0.850 bits per heavy atom. The summed E-state index contributed by atoms with van der Waals surface area (Å²) < 4.78 is 0. The molecule has 2 aromatic carbocycles. The molecule has 4 nitrogen and oxygen atoms in total. The first-order valence-corrected chi connectivity index (χ1v) is 6.42. The molecule has 0 aliphatic heterocycles. The number of hydrogen-bond donors (Lipinski definition) is 2. The number of rotatable bonds is 3. The molecule has 1 aliphatic carbocycles. The second-order valence-electron chi connectivity index (χ2n) is 4.84. The quantitative estimate of drug-likeness (QED) is 0.661. The number of fused-ring (bicyclic) bond motifs is 1. The first-order valence-electron chi connectivity index (χ1n) is 6.42. The number of nitrogens with one attached hydrogen (secondary N) is 2. The molecule has 2 N–H and O–H groups in total. The van der Waals surface area contributed by atoms with Crippen molar-refractivity contribution in [1.29, 1.82) is 0 Å². The third kappa shape index (κ3) is 2.10. The van der Waals surface area contributed by atoms with Crippen LogP contribution in [-0.4, -0.2) is 17.6 Å². The third-order valence-corrected chi connectivity index (χ3v) is 3.39. The number of hydrogen-bond acceptors (Lipinski definition) is 4. The van der Waals surface area contributed by atoms with E-state index in [0.717, 1.165) is 11.3 Å². The summed E-state index contributed by atoms with van der Waals surface area (Å²) in [4.78, 5) is 24.3. The molecule has 0 bridgehead atoms. The average molecular weight is 266 g/mol. The highest BCUT2D eigenvalue weighted by Crippen LogP contribution is 2.22. The Morgan fingerprint density at radius 2 is 1.40 bits per heavy atom. The van der Waals surface area contributed by atoms with Gasteiger partial charge in [0.1, 0.15) is 0 Å². The SMILES string of the molecule is Cc1ccc(NNC2C(=O)c3ccccc3C2=O)cc1. The fourth-order valence-electron chi connectivity index (χ4n) is 2.27. The zero-order valence-corrected chi connectivity index (χ0v) is 11.0. The van der Waals surface area contributed by atoms with E-state index < -0.39 is 6.04 Å². The summed E-state index contributed by atoms with van der Waals surface area (Å²) in [5.74, 6) is -0.379. The van der Waals surface area contributed by atoms with Gasteiger partial charge in [0, 0.05) is 16.8 Å². The van der Waals surface area contributed by atoms with E-state index in [-0.39, 0.29) is 11.6 Å². The zero-order chi connectivity index (χ0) is 14.1. The molecule has 20 heavy (non-hydrogen) atoms. The van der Waals surface area contributed by atoms with Crippen molar-refractivity contribution >= 4 is 17.3 Å². The topological polar surface area (TPSA) is 58.2 Å². The van der Waals surface area contributed by atoms with Crippen molar-refractivity contribution in [2.24, 2.45) is 0 Å². The highest BCUT2D eigenvalue weighted by molar-refractivity contribution is 6.29. The maximum atomic E-state index is 12.2. The van der Waals surface area contributed by atoms with Gasteiger partial charge in [-0.2, -0.15) is 0 Å². The minimum atomic E-state index is -0.853. The summed E-state index contributed by atoms with van der Waals surface area (Å²) >= 11 is 0. The Hall–Kier alpha value is -2.46. The van der Waals surface area contributed by atoms with Crippen LogP contribution in [0.5, 0.6) is 0 Å². The van der Waals surface area contributed by atoms with Crippen LogP contribution in [-0.2, 0) is 0 Å². The molecule has 0 amide bonds. The van der Waals surface area contributed by atoms with Gasteiger partial charge in [0.15, 0.2) is 17.6 Å². The van der Waals surface area contributed by atoms with Crippen LogP contribution in [0.2, 0.25) is 0 Å². The van der Waals surface area contributed by atoms with Gasteiger partial charge < -0.3 is 5.43 Å². The van der Waals surface area contributed by atoms with Crippen LogP contribution in [0.3, 0.4) is 0 Å². The molecule has 3 rings (SSSR count). The van der Waals surface area contributed by atoms with Crippen molar-refractivity contribution in [1.82, 2.24) is 5.43 Å². The molecule has 4 heteroatoms. The minimum absolute atomic E-state index is 0.190. The summed E-state index contributed by atoms with van der Waals surface area (Å²) in [6.45, 7) is 2.00. The molecule has 0 saturated carbocycles. The van der Waals surface area contributed by atoms with Crippen LogP contribution in [0.1, 0.15) is 26.3 Å². The number of hydrazine groups is 1. The summed E-state index contributed by atoms with van der Waals surface area (Å²) in [6.07, 6.45) is 0. The van der Waals surface area contributed by atoms with Crippen molar-refractivity contribution in [2.45, 2.75) is 13.0 Å². The summed E-state index contributed by atoms with van der Waals surface area (Å²) in [5, 5.41) is 0. The standard InChI is InChI=1S/C16H14N2O2/c1-10-6-8-11(9-7-10)17-18-14-15(19)12-4-2-3-5-13(12)16(14)20/h2-9,14,17-18H,1H3. The van der Waals surface area contributed by atoms with Crippen LogP contribution < -0.4 is 10.9 Å². The molecule has 0 aromatic heterocycles. The van der Waals surface area contributed by atoms with Gasteiger partial charge in [-0.1, -0.05) is 42.0 Å². The lowest BCUT2D eigenvalue weighted by Crippen LogP contribution is -2.42. The van der Waals surface area contributed by atoms with Gasteiger partial charge in [-0.3, -0.25) is 9.59 Å². The van der Waals surface area contributed by atoms with E-state index >= 15 is 0 Å². The van der Waals surface area contributed by atoms with Crippen LogP contribution in [0.25, 0.3) is 0 Å². The number of carbonyl (C=O) groups excluding carboxylic acids is 2. The summed E-state index contributed by atoms with van der Waals surface area (Å²) in [7, 11) is 0. The second kappa shape index (κ2) is 4.90.